The molecule has 0 radical (unpaired) electrons. The molecule has 1 aromatic heterocycles. The first-order valence-electron chi connectivity index (χ1n) is 11.8. The van der Waals surface area contributed by atoms with E-state index < -0.39 is 0 Å². The van der Waals surface area contributed by atoms with E-state index in [1.165, 1.54) is 75.0 Å². The number of benzene rings is 1. The van der Waals surface area contributed by atoms with E-state index >= 15 is 0 Å². The molecule has 5 nitrogen and oxygen atoms in total. The van der Waals surface area contributed by atoms with Gasteiger partial charge in [0.25, 0.3) is 0 Å². The first-order valence-corrected chi connectivity index (χ1v) is 11.8. The standard InChI is InChI=1S/C16H25N3.C9H11NO/c1-2-5-14-17-18-15(19(14)13-6-7-13)12-10-16(11-12)8-3-4-9-16;1-7-3-4-9(10-6-11)8(2)5-7/h12-13H,2-11H2,1H3;3-6H,1-2H3,(H,10,11). The van der Waals surface area contributed by atoms with Gasteiger partial charge in [-0.15, -0.1) is 10.2 Å². The Morgan fingerprint density at radius 3 is 2.50 bits per heavy atom. The van der Waals surface area contributed by atoms with Crippen molar-refractivity contribution in [3.8, 4) is 0 Å². The van der Waals surface area contributed by atoms with E-state index in [2.05, 4.69) is 27.0 Å². The van der Waals surface area contributed by atoms with Crippen LogP contribution in [0.1, 0.15) is 99.4 Å². The molecular formula is C25H36N4O. The molecule has 1 amide bonds. The van der Waals surface area contributed by atoms with Gasteiger partial charge in [-0.1, -0.05) is 37.5 Å². The molecule has 3 aliphatic rings. The van der Waals surface area contributed by atoms with Gasteiger partial charge in [-0.05, 0) is 75.8 Å². The van der Waals surface area contributed by atoms with Gasteiger partial charge < -0.3 is 9.88 Å². The fraction of sp³-hybridized carbons (Fsp3) is 0.640. The van der Waals surface area contributed by atoms with Crippen molar-refractivity contribution < 1.29 is 4.79 Å². The summed E-state index contributed by atoms with van der Waals surface area (Å²) in [5.41, 5.74) is 3.90. The lowest BCUT2D eigenvalue weighted by atomic mass is 9.60. The van der Waals surface area contributed by atoms with Crippen LogP contribution in [-0.4, -0.2) is 21.2 Å². The van der Waals surface area contributed by atoms with Crippen LogP contribution in [0.3, 0.4) is 0 Å². The molecule has 30 heavy (non-hydrogen) atoms. The molecule has 162 valence electrons. The van der Waals surface area contributed by atoms with Gasteiger partial charge in [0.15, 0.2) is 0 Å². The molecule has 5 heteroatoms. The highest BCUT2D eigenvalue weighted by atomic mass is 16.1. The summed E-state index contributed by atoms with van der Waals surface area (Å²) in [6.07, 6.45) is 14.3. The average molecular weight is 409 g/mol. The van der Waals surface area contributed by atoms with Crippen molar-refractivity contribution >= 4 is 12.1 Å². The molecule has 0 aliphatic heterocycles. The SMILES string of the molecule is CCCc1nnc(C2CC3(CCCC3)C2)n1C1CC1.Cc1ccc(NC=O)c(C)c1. The van der Waals surface area contributed by atoms with Crippen LogP contribution in [-0.2, 0) is 11.2 Å². The molecule has 0 unspecified atom stereocenters. The maximum absolute atomic E-state index is 10.1. The van der Waals surface area contributed by atoms with E-state index in [4.69, 9.17) is 0 Å². The third kappa shape index (κ3) is 4.45. The molecule has 1 heterocycles. The van der Waals surface area contributed by atoms with Crippen LogP contribution in [0.25, 0.3) is 0 Å². The summed E-state index contributed by atoms with van der Waals surface area (Å²) in [7, 11) is 0. The van der Waals surface area contributed by atoms with Crippen LogP contribution in [0.5, 0.6) is 0 Å². The van der Waals surface area contributed by atoms with E-state index in [0.29, 0.717) is 6.41 Å². The van der Waals surface area contributed by atoms with Crippen LogP contribution in [0.15, 0.2) is 18.2 Å². The Kier molecular flexibility index (Phi) is 6.26. The summed E-state index contributed by atoms with van der Waals surface area (Å²) >= 11 is 0. The Bertz CT molecular complexity index is 869. The highest BCUT2D eigenvalue weighted by Gasteiger charge is 2.48. The van der Waals surface area contributed by atoms with Gasteiger partial charge in [0.2, 0.25) is 6.41 Å². The lowest BCUT2D eigenvalue weighted by molar-refractivity contribution is -0.105. The minimum absolute atomic E-state index is 0.692. The maximum atomic E-state index is 10.1. The van der Waals surface area contributed by atoms with Crippen LogP contribution in [0, 0.1) is 19.3 Å². The molecule has 3 saturated carbocycles. The second-order valence-corrected chi connectivity index (χ2v) is 9.72. The van der Waals surface area contributed by atoms with E-state index in [-0.39, 0.29) is 0 Å². The zero-order valence-corrected chi connectivity index (χ0v) is 18.8. The predicted octanol–water partition coefficient (Wildman–Crippen LogP) is 5.88. The fourth-order valence-electron chi connectivity index (χ4n) is 5.48. The summed E-state index contributed by atoms with van der Waals surface area (Å²) in [5, 5.41) is 11.7. The number of anilines is 1. The molecule has 1 aromatic carbocycles. The van der Waals surface area contributed by atoms with Gasteiger partial charge in [0, 0.05) is 24.1 Å². The summed E-state index contributed by atoms with van der Waals surface area (Å²) in [4.78, 5) is 10.1. The molecule has 3 aliphatic carbocycles. The van der Waals surface area contributed by atoms with Crippen molar-refractivity contribution in [2.75, 3.05) is 5.32 Å². The largest absolute Gasteiger partial charge is 0.328 e. The number of hydrogen-bond donors (Lipinski definition) is 1. The summed E-state index contributed by atoms with van der Waals surface area (Å²) in [5.74, 6) is 3.31. The Morgan fingerprint density at radius 1 is 1.17 bits per heavy atom. The van der Waals surface area contributed by atoms with Gasteiger partial charge in [0.05, 0.1) is 0 Å². The fourth-order valence-corrected chi connectivity index (χ4v) is 5.48. The minimum Gasteiger partial charge on any atom is -0.328 e. The number of carbonyl (C=O) groups is 1. The molecule has 0 atom stereocenters. The molecular weight excluding hydrogens is 372 g/mol. The second-order valence-electron chi connectivity index (χ2n) is 9.72. The molecule has 0 saturated heterocycles. The number of aromatic nitrogens is 3. The smallest absolute Gasteiger partial charge is 0.211 e. The van der Waals surface area contributed by atoms with Gasteiger partial charge in [-0.2, -0.15) is 0 Å². The lowest BCUT2D eigenvalue weighted by Gasteiger charge is -2.45. The van der Waals surface area contributed by atoms with Crippen molar-refractivity contribution in [3.63, 3.8) is 0 Å². The Labute approximate surface area is 180 Å². The first-order chi connectivity index (χ1) is 14.5. The molecule has 1 spiro atoms. The normalized spacial score (nSPS) is 19.8. The van der Waals surface area contributed by atoms with E-state index in [9.17, 15) is 4.79 Å². The highest BCUT2D eigenvalue weighted by Crippen LogP contribution is 2.59. The number of carbonyl (C=O) groups excluding carboxylic acids is 1. The van der Waals surface area contributed by atoms with Crippen LogP contribution in [0.4, 0.5) is 5.69 Å². The quantitative estimate of drug-likeness (QED) is 0.608. The van der Waals surface area contributed by atoms with Gasteiger partial charge in [0.1, 0.15) is 11.6 Å². The number of aryl methyl sites for hydroxylation is 3. The van der Waals surface area contributed by atoms with E-state index in [1.807, 2.05) is 32.0 Å². The minimum atomic E-state index is 0.692. The zero-order valence-electron chi connectivity index (χ0n) is 18.8. The Balaban J connectivity index is 0.000000170. The summed E-state index contributed by atoms with van der Waals surface area (Å²) < 4.78 is 2.52. The third-order valence-corrected chi connectivity index (χ3v) is 7.16. The molecule has 3 fully saturated rings. The summed E-state index contributed by atoms with van der Waals surface area (Å²) in [6.45, 7) is 6.24. The summed E-state index contributed by atoms with van der Waals surface area (Å²) in [6, 6.07) is 6.65. The monoisotopic (exact) mass is 408 g/mol. The van der Waals surface area contributed by atoms with Crippen LogP contribution >= 0.6 is 0 Å². The third-order valence-electron chi connectivity index (χ3n) is 7.16. The number of amides is 1. The van der Waals surface area contributed by atoms with Crippen LogP contribution < -0.4 is 5.32 Å². The molecule has 1 N–H and O–H groups in total. The number of nitrogens with one attached hydrogen (secondary N) is 1. The van der Waals surface area contributed by atoms with Crippen molar-refractivity contribution in [1.82, 2.24) is 14.8 Å². The number of nitrogens with zero attached hydrogens (tertiary/aromatic N) is 3. The lowest BCUT2D eigenvalue weighted by Crippen LogP contribution is -2.34. The average Bonchev–Trinajstić information content (AvgIpc) is 3.25. The second kappa shape index (κ2) is 8.91. The highest BCUT2D eigenvalue weighted by molar-refractivity contribution is 5.73. The zero-order chi connectivity index (χ0) is 21.1. The van der Waals surface area contributed by atoms with Crippen molar-refractivity contribution in [2.45, 2.75) is 96.9 Å². The molecule has 2 aromatic rings. The van der Waals surface area contributed by atoms with Crippen molar-refractivity contribution in [3.05, 3.63) is 41.0 Å². The van der Waals surface area contributed by atoms with E-state index in [1.54, 1.807) is 0 Å². The molecule has 0 bridgehead atoms. The Hall–Kier alpha value is -2.17. The van der Waals surface area contributed by atoms with Gasteiger partial charge in [-0.3, -0.25) is 4.79 Å². The number of hydrogen-bond acceptors (Lipinski definition) is 3. The topological polar surface area (TPSA) is 59.8 Å². The Morgan fingerprint density at radius 2 is 1.90 bits per heavy atom. The van der Waals surface area contributed by atoms with Gasteiger partial charge >= 0.3 is 0 Å². The maximum Gasteiger partial charge on any atom is 0.211 e. The van der Waals surface area contributed by atoms with Crippen molar-refractivity contribution in [2.24, 2.45) is 5.41 Å². The van der Waals surface area contributed by atoms with E-state index in [0.717, 1.165) is 35.0 Å². The molecule has 5 rings (SSSR count). The van der Waals surface area contributed by atoms with Gasteiger partial charge in [-0.25, -0.2) is 0 Å². The predicted molar refractivity (Wildman–Crippen MR) is 121 cm³/mol. The van der Waals surface area contributed by atoms with Crippen LogP contribution in [0.2, 0.25) is 0 Å². The first kappa shape index (κ1) is 21.1. The van der Waals surface area contributed by atoms with Crippen molar-refractivity contribution in [1.29, 1.82) is 0 Å². The number of rotatable bonds is 6.